The third kappa shape index (κ3) is 3.64. The first kappa shape index (κ1) is 15.4. The number of aromatic nitrogens is 6. The Labute approximate surface area is 133 Å². The molecular formula is C13H20N6O2S. The van der Waals surface area contributed by atoms with Crippen molar-refractivity contribution in [2.45, 2.75) is 62.6 Å². The van der Waals surface area contributed by atoms with Gasteiger partial charge < -0.3 is 9.26 Å². The lowest BCUT2D eigenvalue weighted by molar-refractivity contribution is 0.0911. The molecule has 2 aromatic rings. The van der Waals surface area contributed by atoms with Crippen LogP contribution in [-0.4, -0.2) is 43.1 Å². The topological polar surface area (TPSA) is 91.8 Å². The zero-order valence-electron chi connectivity index (χ0n) is 12.8. The van der Waals surface area contributed by atoms with Crippen LogP contribution in [0.2, 0.25) is 0 Å². The molecule has 0 aromatic carbocycles. The summed E-state index contributed by atoms with van der Waals surface area (Å²) in [5, 5.41) is 16.6. The van der Waals surface area contributed by atoms with Crippen LogP contribution in [0.15, 0.2) is 9.68 Å². The van der Waals surface area contributed by atoms with E-state index < -0.39 is 0 Å². The number of tetrazole rings is 1. The van der Waals surface area contributed by atoms with Crippen molar-refractivity contribution in [3.8, 4) is 0 Å². The third-order valence-electron chi connectivity index (χ3n) is 3.49. The van der Waals surface area contributed by atoms with Crippen LogP contribution >= 0.6 is 11.8 Å². The Kier molecular flexibility index (Phi) is 5.04. The highest BCUT2D eigenvalue weighted by atomic mass is 32.2. The quantitative estimate of drug-likeness (QED) is 0.714. The van der Waals surface area contributed by atoms with E-state index in [2.05, 4.69) is 32.6 Å². The zero-order valence-corrected chi connectivity index (χ0v) is 13.6. The maximum Gasteiger partial charge on any atom is 0.239 e. The molecule has 0 radical (unpaired) electrons. The van der Waals surface area contributed by atoms with E-state index in [1.807, 2.05) is 6.92 Å². The second kappa shape index (κ2) is 7.19. The molecule has 3 heterocycles. The van der Waals surface area contributed by atoms with Crippen LogP contribution in [-0.2, 0) is 17.7 Å². The van der Waals surface area contributed by atoms with Crippen LogP contribution in [0.3, 0.4) is 0 Å². The zero-order chi connectivity index (χ0) is 15.4. The van der Waals surface area contributed by atoms with Gasteiger partial charge in [-0.25, -0.2) is 4.68 Å². The molecule has 0 spiro atoms. The summed E-state index contributed by atoms with van der Waals surface area (Å²) in [5.41, 5.74) is 0. The van der Waals surface area contributed by atoms with Gasteiger partial charge in [-0.05, 0) is 36.6 Å². The average Bonchev–Trinajstić information content (AvgIpc) is 3.23. The number of hydrogen-bond acceptors (Lipinski definition) is 8. The number of nitrogens with zero attached hydrogens (tertiary/aromatic N) is 6. The smallest absolute Gasteiger partial charge is 0.239 e. The van der Waals surface area contributed by atoms with E-state index in [4.69, 9.17) is 9.26 Å². The molecular weight excluding hydrogens is 304 g/mol. The standard InChI is InChI=1S/C13H20N6O2S/c1-3-5-11-14-12(21-16-11)9(2)22-13-15-17-18-19(13)8-10-6-4-7-20-10/h9-10H,3-8H2,1-2H3. The van der Waals surface area contributed by atoms with Crippen molar-refractivity contribution in [2.24, 2.45) is 0 Å². The van der Waals surface area contributed by atoms with Gasteiger partial charge in [0.25, 0.3) is 0 Å². The summed E-state index contributed by atoms with van der Waals surface area (Å²) in [5.74, 6) is 1.36. The monoisotopic (exact) mass is 324 g/mol. The Morgan fingerprint density at radius 3 is 3.14 bits per heavy atom. The van der Waals surface area contributed by atoms with Crippen LogP contribution in [0.25, 0.3) is 0 Å². The summed E-state index contributed by atoms with van der Waals surface area (Å²) >= 11 is 1.52. The lowest BCUT2D eigenvalue weighted by Crippen LogP contribution is -2.17. The lowest BCUT2D eigenvalue weighted by atomic mass is 10.2. The minimum absolute atomic E-state index is 0.00681. The molecule has 0 bridgehead atoms. The Morgan fingerprint density at radius 2 is 2.36 bits per heavy atom. The molecule has 2 aromatic heterocycles. The number of rotatable bonds is 7. The molecule has 1 aliphatic rings. The normalized spacial score (nSPS) is 19.6. The van der Waals surface area contributed by atoms with Gasteiger partial charge in [-0.3, -0.25) is 0 Å². The Balaban J connectivity index is 1.63. The molecule has 2 atom stereocenters. The van der Waals surface area contributed by atoms with Gasteiger partial charge >= 0.3 is 0 Å². The minimum Gasteiger partial charge on any atom is -0.376 e. The summed E-state index contributed by atoms with van der Waals surface area (Å²) in [7, 11) is 0. The van der Waals surface area contributed by atoms with Gasteiger partial charge in [-0.2, -0.15) is 4.98 Å². The van der Waals surface area contributed by atoms with Gasteiger partial charge in [-0.1, -0.05) is 23.8 Å². The summed E-state index contributed by atoms with van der Waals surface area (Å²) < 4.78 is 12.7. The lowest BCUT2D eigenvalue weighted by Gasteiger charge is -2.11. The first-order valence-corrected chi connectivity index (χ1v) is 8.51. The summed E-state index contributed by atoms with van der Waals surface area (Å²) in [6.45, 7) is 5.62. The number of aryl methyl sites for hydroxylation is 1. The van der Waals surface area contributed by atoms with Gasteiger partial charge in [0.1, 0.15) is 0 Å². The molecule has 3 rings (SSSR count). The SMILES string of the molecule is CCCc1noc(C(C)Sc2nnnn2CC2CCCO2)n1. The average molecular weight is 324 g/mol. The van der Waals surface area contributed by atoms with Crippen LogP contribution < -0.4 is 0 Å². The highest BCUT2D eigenvalue weighted by Gasteiger charge is 2.22. The van der Waals surface area contributed by atoms with Gasteiger partial charge in [0, 0.05) is 13.0 Å². The van der Waals surface area contributed by atoms with Crippen LogP contribution in [0.1, 0.15) is 50.1 Å². The van der Waals surface area contributed by atoms with E-state index in [0.717, 1.165) is 43.3 Å². The molecule has 0 amide bonds. The third-order valence-corrected chi connectivity index (χ3v) is 4.55. The predicted molar refractivity (Wildman–Crippen MR) is 79.4 cm³/mol. The molecule has 22 heavy (non-hydrogen) atoms. The van der Waals surface area contributed by atoms with Crippen molar-refractivity contribution in [3.63, 3.8) is 0 Å². The summed E-state index contributed by atoms with van der Waals surface area (Å²) in [6.07, 6.45) is 4.20. The minimum atomic E-state index is 0.00681. The molecule has 0 N–H and O–H groups in total. The molecule has 1 saturated heterocycles. The highest BCUT2D eigenvalue weighted by Crippen LogP contribution is 2.32. The van der Waals surface area contributed by atoms with Gasteiger partial charge in [-0.15, -0.1) is 5.10 Å². The molecule has 9 heteroatoms. The Bertz CT molecular complexity index is 595. The van der Waals surface area contributed by atoms with E-state index in [1.54, 1.807) is 4.68 Å². The highest BCUT2D eigenvalue weighted by molar-refractivity contribution is 7.99. The Morgan fingerprint density at radius 1 is 1.45 bits per heavy atom. The van der Waals surface area contributed by atoms with Crippen molar-refractivity contribution in [1.29, 1.82) is 0 Å². The molecule has 1 fully saturated rings. The predicted octanol–water partition coefficient (Wildman–Crippen LogP) is 2.04. The maximum atomic E-state index is 5.63. The fraction of sp³-hybridized carbons (Fsp3) is 0.769. The fourth-order valence-corrected chi connectivity index (χ4v) is 3.17. The van der Waals surface area contributed by atoms with Crippen LogP contribution in [0, 0.1) is 0 Å². The van der Waals surface area contributed by atoms with Gasteiger partial charge in [0.05, 0.1) is 17.9 Å². The van der Waals surface area contributed by atoms with Crippen molar-refractivity contribution in [3.05, 3.63) is 11.7 Å². The van der Waals surface area contributed by atoms with Crippen LogP contribution in [0.5, 0.6) is 0 Å². The largest absolute Gasteiger partial charge is 0.376 e. The van der Waals surface area contributed by atoms with Gasteiger partial charge in [0.2, 0.25) is 11.0 Å². The first-order valence-electron chi connectivity index (χ1n) is 7.63. The van der Waals surface area contributed by atoms with Crippen molar-refractivity contribution in [1.82, 2.24) is 30.3 Å². The molecule has 1 aliphatic heterocycles. The molecule has 120 valence electrons. The molecule has 8 nitrogen and oxygen atoms in total. The number of hydrogen-bond donors (Lipinski definition) is 0. The molecule has 0 saturated carbocycles. The first-order chi connectivity index (χ1) is 10.8. The summed E-state index contributed by atoms with van der Waals surface area (Å²) in [4.78, 5) is 4.41. The molecule has 0 aliphatic carbocycles. The van der Waals surface area contributed by atoms with E-state index in [0.29, 0.717) is 12.4 Å². The summed E-state index contributed by atoms with van der Waals surface area (Å²) in [6, 6.07) is 0. The van der Waals surface area contributed by atoms with E-state index in [1.165, 1.54) is 11.8 Å². The number of thioether (sulfide) groups is 1. The maximum absolute atomic E-state index is 5.63. The van der Waals surface area contributed by atoms with Crippen molar-refractivity contribution in [2.75, 3.05) is 6.61 Å². The van der Waals surface area contributed by atoms with Crippen LogP contribution in [0.4, 0.5) is 0 Å². The second-order valence-corrected chi connectivity index (χ2v) is 6.65. The second-order valence-electron chi connectivity index (χ2n) is 5.34. The van der Waals surface area contributed by atoms with Gasteiger partial charge in [0.15, 0.2) is 5.82 Å². The van der Waals surface area contributed by atoms with E-state index >= 15 is 0 Å². The Hall–Kier alpha value is -1.48. The van der Waals surface area contributed by atoms with E-state index in [9.17, 15) is 0 Å². The fourth-order valence-electron chi connectivity index (χ4n) is 2.34. The number of ether oxygens (including phenoxy) is 1. The van der Waals surface area contributed by atoms with Crippen molar-refractivity contribution < 1.29 is 9.26 Å². The van der Waals surface area contributed by atoms with E-state index in [-0.39, 0.29) is 11.4 Å². The van der Waals surface area contributed by atoms with Crippen molar-refractivity contribution >= 4 is 11.8 Å². The molecule has 2 unspecified atom stereocenters.